The largest absolute Gasteiger partial charge is 0.388 e. The average molecular weight is 385 g/mol. The number of hydrogen-bond donors (Lipinski definition) is 1. The van der Waals surface area contributed by atoms with Gasteiger partial charge in [-0.15, -0.1) is 10.2 Å². The molecule has 27 heavy (non-hydrogen) atoms. The van der Waals surface area contributed by atoms with Crippen LogP contribution in [0.5, 0.6) is 0 Å². The quantitative estimate of drug-likeness (QED) is 0.634. The standard InChI is InChI=1S/C20H21ClN4O2/c1-24(2)11-10-18-22-23-19(13-26)25(18)17-9-8-15(21)12-16(17)20(27)14-6-4-3-5-7-14/h3-9,12,26H,10-11,13H2,1-2H3. The molecule has 0 aliphatic rings. The highest BCUT2D eigenvalue weighted by Gasteiger charge is 2.20. The van der Waals surface area contributed by atoms with Gasteiger partial charge in [0, 0.05) is 29.1 Å². The monoisotopic (exact) mass is 384 g/mol. The summed E-state index contributed by atoms with van der Waals surface area (Å²) < 4.78 is 1.75. The molecule has 1 N–H and O–H groups in total. The number of carbonyl (C=O) groups excluding carboxylic acids is 1. The van der Waals surface area contributed by atoms with Crippen molar-refractivity contribution in [3.05, 3.63) is 76.3 Å². The van der Waals surface area contributed by atoms with Gasteiger partial charge in [0.15, 0.2) is 11.6 Å². The van der Waals surface area contributed by atoms with Crippen molar-refractivity contribution in [1.82, 2.24) is 19.7 Å². The van der Waals surface area contributed by atoms with Crippen molar-refractivity contribution in [1.29, 1.82) is 0 Å². The fourth-order valence-corrected chi connectivity index (χ4v) is 3.02. The fraction of sp³-hybridized carbons (Fsp3) is 0.250. The number of halogens is 1. The Bertz CT molecular complexity index is 938. The molecule has 1 aromatic heterocycles. The first-order valence-corrected chi connectivity index (χ1v) is 8.97. The summed E-state index contributed by atoms with van der Waals surface area (Å²) in [6.07, 6.45) is 0.627. The van der Waals surface area contributed by atoms with Crippen LogP contribution in [0.2, 0.25) is 5.02 Å². The topological polar surface area (TPSA) is 71.2 Å². The minimum Gasteiger partial charge on any atom is -0.388 e. The van der Waals surface area contributed by atoms with Gasteiger partial charge in [-0.2, -0.15) is 0 Å². The smallest absolute Gasteiger partial charge is 0.195 e. The van der Waals surface area contributed by atoms with Gasteiger partial charge in [-0.3, -0.25) is 9.36 Å². The van der Waals surface area contributed by atoms with Gasteiger partial charge < -0.3 is 10.0 Å². The summed E-state index contributed by atoms with van der Waals surface area (Å²) in [5.74, 6) is 0.912. The predicted molar refractivity (Wildman–Crippen MR) is 104 cm³/mol. The molecule has 3 aromatic rings. The molecule has 0 amide bonds. The second-order valence-corrected chi connectivity index (χ2v) is 6.87. The molecule has 0 fully saturated rings. The molecule has 0 bridgehead atoms. The van der Waals surface area contributed by atoms with Gasteiger partial charge in [-0.25, -0.2) is 0 Å². The summed E-state index contributed by atoms with van der Waals surface area (Å²) in [5, 5.41) is 18.5. The number of aliphatic hydroxyl groups excluding tert-OH is 1. The van der Waals surface area contributed by atoms with Crippen molar-refractivity contribution in [2.75, 3.05) is 20.6 Å². The van der Waals surface area contributed by atoms with Gasteiger partial charge in [0.25, 0.3) is 0 Å². The number of rotatable bonds is 7. The van der Waals surface area contributed by atoms with Crippen LogP contribution in [-0.4, -0.2) is 51.2 Å². The molecule has 0 spiro atoms. The lowest BCUT2D eigenvalue weighted by atomic mass is 10.0. The highest BCUT2D eigenvalue weighted by Crippen LogP contribution is 2.25. The Kier molecular flexibility index (Phi) is 6.01. The van der Waals surface area contributed by atoms with E-state index in [2.05, 4.69) is 10.2 Å². The Hall–Kier alpha value is -2.54. The molecule has 0 radical (unpaired) electrons. The molecule has 0 unspecified atom stereocenters. The predicted octanol–water partition coefficient (Wildman–Crippen LogP) is 2.75. The molecule has 140 valence electrons. The van der Waals surface area contributed by atoms with E-state index < -0.39 is 0 Å². The van der Waals surface area contributed by atoms with Crippen LogP contribution in [0.25, 0.3) is 5.69 Å². The van der Waals surface area contributed by atoms with E-state index in [1.807, 2.05) is 37.2 Å². The first-order chi connectivity index (χ1) is 13.0. The van der Waals surface area contributed by atoms with E-state index in [4.69, 9.17) is 11.6 Å². The maximum absolute atomic E-state index is 13.1. The van der Waals surface area contributed by atoms with Crippen molar-refractivity contribution in [3.63, 3.8) is 0 Å². The van der Waals surface area contributed by atoms with Crippen molar-refractivity contribution in [3.8, 4) is 5.69 Å². The van der Waals surface area contributed by atoms with E-state index in [1.54, 1.807) is 34.9 Å². The number of hydrogen-bond acceptors (Lipinski definition) is 5. The Morgan fingerprint density at radius 2 is 1.81 bits per heavy atom. The molecule has 0 aliphatic carbocycles. The number of aromatic nitrogens is 3. The van der Waals surface area contributed by atoms with Crippen LogP contribution >= 0.6 is 11.6 Å². The van der Waals surface area contributed by atoms with E-state index in [0.717, 1.165) is 6.54 Å². The molecule has 7 heteroatoms. The van der Waals surface area contributed by atoms with Gasteiger partial charge in [-0.1, -0.05) is 41.9 Å². The zero-order chi connectivity index (χ0) is 19.4. The molecule has 3 rings (SSSR count). The van der Waals surface area contributed by atoms with E-state index in [-0.39, 0.29) is 12.4 Å². The normalized spacial score (nSPS) is 11.1. The lowest BCUT2D eigenvalue weighted by Gasteiger charge is -2.15. The van der Waals surface area contributed by atoms with Crippen LogP contribution in [0, 0.1) is 0 Å². The third kappa shape index (κ3) is 4.24. The number of nitrogens with zero attached hydrogens (tertiary/aromatic N) is 4. The third-order valence-electron chi connectivity index (χ3n) is 4.20. The maximum atomic E-state index is 13.1. The molecule has 0 saturated carbocycles. The van der Waals surface area contributed by atoms with Crippen molar-refractivity contribution < 1.29 is 9.90 Å². The minimum absolute atomic E-state index is 0.149. The van der Waals surface area contributed by atoms with Crippen LogP contribution in [0.15, 0.2) is 48.5 Å². The molecular formula is C20H21ClN4O2. The Labute approximate surface area is 163 Å². The highest BCUT2D eigenvalue weighted by atomic mass is 35.5. The van der Waals surface area contributed by atoms with E-state index in [1.165, 1.54) is 0 Å². The zero-order valence-corrected chi connectivity index (χ0v) is 16.0. The number of benzene rings is 2. The summed E-state index contributed by atoms with van der Waals surface area (Å²) in [5.41, 5.74) is 1.61. The highest BCUT2D eigenvalue weighted by molar-refractivity contribution is 6.31. The van der Waals surface area contributed by atoms with E-state index >= 15 is 0 Å². The van der Waals surface area contributed by atoms with Gasteiger partial charge >= 0.3 is 0 Å². The molecule has 1 heterocycles. The summed E-state index contributed by atoms with van der Waals surface area (Å²) in [4.78, 5) is 15.1. The third-order valence-corrected chi connectivity index (χ3v) is 4.44. The van der Waals surface area contributed by atoms with Gasteiger partial charge in [0.05, 0.1) is 5.69 Å². The Balaban J connectivity index is 2.13. The average Bonchev–Trinajstić information content (AvgIpc) is 3.09. The first-order valence-electron chi connectivity index (χ1n) is 8.59. The fourth-order valence-electron chi connectivity index (χ4n) is 2.85. The summed E-state index contributed by atoms with van der Waals surface area (Å²) >= 11 is 6.18. The molecule has 0 atom stereocenters. The Morgan fingerprint density at radius 3 is 2.48 bits per heavy atom. The molecule has 2 aromatic carbocycles. The van der Waals surface area contributed by atoms with Crippen molar-refractivity contribution in [2.45, 2.75) is 13.0 Å². The van der Waals surface area contributed by atoms with Crippen molar-refractivity contribution in [2.24, 2.45) is 0 Å². The lowest BCUT2D eigenvalue weighted by molar-refractivity contribution is 0.103. The summed E-state index contributed by atoms with van der Waals surface area (Å²) in [6, 6.07) is 14.1. The van der Waals surface area contributed by atoms with Crippen LogP contribution in [0.4, 0.5) is 0 Å². The first kappa shape index (κ1) is 19.2. The second-order valence-electron chi connectivity index (χ2n) is 6.44. The van der Waals surface area contributed by atoms with Crippen LogP contribution < -0.4 is 0 Å². The SMILES string of the molecule is CN(C)CCc1nnc(CO)n1-c1ccc(Cl)cc1C(=O)c1ccccc1. The summed E-state index contributed by atoms with van der Waals surface area (Å²) in [6.45, 7) is 0.482. The van der Waals surface area contributed by atoms with Gasteiger partial charge in [0.2, 0.25) is 0 Å². The van der Waals surface area contributed by atoms with Gasteiger partial charge in [0.1, 0.15) is 12.4 Å². The maximum Gasteiger partial charge on any atom is 0.195 e. The Morgan fingerprint density at radius 1 is 1.11 bits per heavy atom. The van der Waals surface area contributed by atoms with Crippen molar-refractivity contribution >= 4 is 17.4 Å². The van der Waals surface area contributed by atoms with Crippen LogP contribution in [0.1, 0.15) is 27.6 Å². The minimum atomic E-state index is -0.281. The molecule has 0 aliphatic heterocycles. The van der Waals surface area contributed by atoms with E-state index in [0.29, 0.717) is 39.9 Å². The van der Waals surface area contributed by atoms with Crippen LogP contribution in [-0.2, 0) is 13.0 Å². The number of ketones is 1. The summed E-state index contributed by atoms with van der Waals surface area (Å²) in [7, 11) is 3.95. The lowest BCUT2D eigenvalue weighted by Crippen LogP contribution is -2.18. The molecular weight excluding hydrogens is 364 g/mol. The molecule has 0 saturated heterocycles. The number of carbonyl (C=O) groups is 1. The van der Waals surface area contributed by atoms with Gasteiger partial charge in [-0.05, 0) is 32.3 Å². The van der Waals surface area contributed by atoms with Crippen LogP contribution in [0.3, 0.4) is 0 Å². The zero-order valence-electron chi connectivity index (χ0n) is 15.3. The second kappa shape index (κ2) is 8.43. The number of likely N-dealkylation sites (N-methyl/N-ethyl adjacent to an activating group) is 1. The van der Waals surface area contributed by atoms with E-state index in [9.17, 15) is 9.90 Å². The number of aliphatic hydroxyl groups is 1. The molecule has 6 nitrogen and oxygen atoms in total.